The Labute approximate surface area is 147 Å². The van der Waals surface area contributed by atoms with Gasteiger partial charge in [0.2, 0.25) is 0 Å². The molecule has 1 aromatic heterocycles. The summed E-state index contributed by atoms with van der Waals surface area (Å²) in [6.07, 6.45) is 0. The number of hydrogen-bond donors (Lipinski definition) is 2. The van der Waals surface area contributed by atoms with Crippen LogP contribution >= 0.6 is 11.3 Å². The Kier molecular flexibility index (Phi) is 5.58. The van der Waals surface area contributed by atoms with E-state index in [1.807, 2.05) is 0 Å². The first-order valence-corrected chi connectivity index (χ1v) is 8.03. The Hall–Kier alpha value is -2.68. The molecular formula is C16H17FN2O5S. The topological polar surface area (TPSA) is 97.8 Å². The van der Waals surface area contributed by atoms with E-state index in [-0.39, 0.29) is 21.9 Å². The van der Waals surface area contributed by atoms with Gasteiger partial charge in [-0.15, -0.1) is 11.3 Å². The highest BCUT2D eigenvalue weighted by Crippen LogP contribution is 2.33. The van der Waals surface area contributed by atoms with Gasteiger partial charge in [0.15, 0.2) is 11.5 Å². The molecule has 0 spiro atoms. The van der Waals surface area contributed by atoms with Crippen LogP contribution in [-0.4, -0.2) is 36.2 Å². The zero-order valence-electron chi connectivity index (χ0n) is 14.0. The number of aromatic carboxylic acids is 1. The van der Waals surface area contributed by atoms with E-state index < -0.39 is 23.7 Å². The van der Waals surface area contributed by atoms with Gasteiger partial charge in [0.1, 0.15) is 21.3 Å². The van der Waals surface area contributed by atoms with Gasteiger partial charge in [0, 0.05) is 0 Å². The number of methoxy groups -OCH3 is 2. The lowest BCUT2D eigenvalue weighted by atomic mass is 10.1. The third-order valence-electron chi connectivity index (χ3n) is 3.45. The van der Waals surface area contributed by atoms with Gasteiger partial charge in [0.05, 0.1) is 26.0 Å². The van der Waals surface area contributed by atoms with Crippen LogP contribution in [0.5, 0.6) is 11.5 Å². The van der Waals surface area contributed by atoms with E-state index in [1.165, 1.54) is 20.3 Å². The highest BCUT2D eigenvalue weighted by molar-refractivity contribution is 7.13. The Bertz CT molecular complexity index is 821. The maximum Gasteiger partial charge on any atom is 0.347 e. The molecule has 134 valence electrons. The van der Waals surface area contributed by atoms with Crippen LogP contribution < -0.4 is 14.8 Å². The highest BCUT2D eigenvalue weighted by atomic mass is 32.1. The number of thiazole rings is 1. The van der Waals surface area contributed by atoms with Crippen LogP contribution in [0.3, 0.4) is 0 Å². The summed E-state index contributed by atoms with van der Waals surface area (Å²) in [5, 5.41) is 12.1. The van der Waals surface area contributed by atoms with Gasteiger partial charge in [0.25, 0.3) is 5.91 Å². The van der Waals surface area contributed by atoms with Crippen LogP contribution in [0.15, 0.2) is 12.1 Å². The number of carboxylic acid groups (broad SMARTS) is 1. The molecule has 1 amide bonds. The number of hydrogen-bond acceptors (Lipinski definition) is 6. The highest BCUT2D eigenvalue weighted by Gasteiger charge is 2.25. The maximum absolute atomic E-state index is 14.1. The number of carbonyl (C=O) groups excluding carboxylic acids is 1. The molecule has 7 nitrogen and oxygen atoms in total. The quantitative estimate of drug-likeness (QED) is 0.814. The summed E-state index contributed by atoms with van der Waals surface area (Å²) in [5.41, 5.74) is 0.0687. The van der Waals surface area contributed by atoms with Crippen molar-refractivity contribution in [3.05, 3.63) is 39.1 Å². The molecule has 1 atom stereocenters. The van der Waals surface area contributed by atoms with Gasteiger partial charge in [-0.3, -0.25) is 4.79 Å². The molecule has 0 aliphatic heterocycles. The molecule has 0 aliphatic carbocycles. The lowest BCUT2D eigenvalue weighted by molar-refractivity contribution is 0.0700. The van der Waals surface area contributed by atoms with Crippen molar-refractivity contribution in [2.24, 2.45) is 0 Å². The number of rotatable bonds is 6. The molecule has 0 saturated carbocycles. The standard InChI is InChI=1S/C16H17FN2O5S/c1-7-13(16(21)22)25-15(19-7)8(2)18-14(20)11-9(17)5-6-10(23-3)12(11)24-4/h5-6,8H,1-4H3,(H,18,20)(H,21,22). The maximum atomic E-state index is 14.1. The summed E-state index contributed by atoms with van der Waals surface area (Å²) in [5.74, 6) is -2.36. The zero-order chi connectivity index (χ0) is 18.7. The number of aromatic nitrogens is 1. The fraction of sp³-hybridized carbons (Fsp3) is 0.312. The van der Waals surface area contributed by atoms with E-state index in [0.717, 1.165) is 17.4 Å². The average Bonchev–Trinajstić information content (AvgIpc) is 2.96. The molecule has 0 fully saturated rings. The summed E-state index contributed by atoms with van der Waals surface area (Å²) < 4.78 is 24.3. The third kappa shape index (κ3) is 3.71. The molecule has 1 heterocycles. The van der Waals surface area contributed by atoms with E-state index >= 15 is 0 Å². The predicted octanol–water partition coefficient (Wildman–Crippen LogP) is 2.80. The molecule has 1 unspecified atom stereocenters. The first-order valence-electron chi connectivity index (χ1n) is 7.22. The molecular weight excluding hydrogens is 351 g/mol. The summed E-state index contributed by atoms with van der Waals surface area (Å²) >= 11 is 0.960. The van der Waals surface area contributed by atoms with Gasteiger partial charge in [-0.05, 0) is 26.0 Å². The molecule has 9 heteroatoms. The van der Waals surface area contributed by atoms with Crippen LogP contribution in [0.1, 0.15) is 43.7 Å². The van der Waals surface area contributed by atoms with Crippen molar-refractivity contribution in [2.75, 3.05) is 14.2 Å². The molecule has 1 aromatic carbocycles. The lowest BCUT2D eigenvalue weighted by Crippen LogP contribution is -2.28. The number of ether oxygens (including phenoxy) is 2. The van der Waals surface area contributed by atoms with Crippen molar-refractivity contribution in [3.63, 3.8) is 0 Å². The van der Waals surface area contributed by atoms with Crippen LogP contribution in [0.2, 0.25) is 0 Å². The minimum absolute atomic E-state index is 0.0197. The van der Waals surface area contributed by atoms with Crippen molar-refractivity contribution in [1.82, 2.24) is 10.3 Å². The number of nitrogens with zero attached hydrogens (tertiary/aromatic N) is 1. The van der Waals surface area contributed by atoms with Gasteiger partial charge in [-0.25, -0.2) is 14.2 Å². The molecule has 0 bridgehead atoms. The number of aryl methyl sites for hydroxylation is 1. The number of amides is 1. The summed E-state index contributed by atoms with van der Waals surface area (Å²) in [7, 11) is 2.69. The number of nitrogens with one attached hydrogen (secondary N) is 1. The average molecular weight is 368 g/mol. The largest absolute Gasteiger partial charge is 0.493 e. The van der Waals surface area contributed by atoms with Crippen LogP contribution in [0.25, 0.3) is 0 Å². The molecule has 0 radical (unpaired) electrons. The lowest BCUT2D eigenvalue weighted by Gasteiger charge is -2.16. The van der Waals surface area contributed by atoms with Crippen molar-refractivity contribution in [1.29, 1.82) is 0 Å². The first-order chi connectivity index (χ1) is 11.8. The van der Waals surface area contributed by atoms with Gasteiger partial charge in [-0.1, -0.05) is 0 Å². The van der Waals surface area contributed by atoms with E-state index in [2.05, 4.69) is 10.3 Å². The van der Waals surface area contributed by atoms with Gasteiger partial charge < -0.3 is 19.9 Å². The molecule has 0 saturated heterocycles. The van der Waals surface area contributed by atoms with Gasteiger partial charge in [-0.2, -0.15) is 0 Å². The number of carbonyl (C=O) groups is 2. The fourth-order valence-electron chi connectivity index (χ4n) is 2.25. The minimum Gasteiger partial charge on any atom is -0.493 e. The summed E-state index contributed by atoms with van der Waals surface area (Å²) in [4.78, 5) is 27.8. The molecule has 25 heavy (non-hydrogen) atoms. The Morgan fingerprint density at radius 2 is 2.00 bits per heavy atom. The van der Waals surface area contributed by atoms with E-state index in [4.69, 9.17) is 14.6 Å². The second-order valence-corrected chi connectivity index (χ2v) is 6.16. The van der Waals surface area contributed by atoms with Crippen LogP contribution in [0, 0.1) is 12.7 Å². The third-order valence-corrected chi connectivity index (χ3v) is 4.78. The Morgan fingerprint density at radius 3 is 2.52 bits per heavy atom. The van der Waals surface area contributed by atoms with Crippen molar-refractivity contribution in [3.8, 4) is 11.5 Å². The molecule has 2 rings (SSSR count). The number of halogens is 1. The Morgan fingerprint density at radius 1 is 1.32 bits per heavy atom. The number of carboxylic acids is 1. The second kappa shape index (κ2) is 7.47. The fourth-order valence-corrected chi connectivity index (χ4v) is 3.15. The van der Waals surface area contributed by atoms with E-state index in [0.29, 0.717) is 10.7 Å². The summed E-state index contributed by atoms with van der Waals surface area (Å²) in [6.45, 7) is 3.20. The normalized spacial score (nSPS) is 11.7. The SMILES string of the molecule is COc1ccc(F)c(C(=O)NC(C)c2nc(C)c(C(=O)O)s2)c1OC. The first kappa shape index (κ1) is 18.7. The van der Waals surface area contributed by atoms with Crippen LogP contribution in [-0.2, 0) is 0 Å². The summed E-state index contributed by atoms with van der Waals surface area (Å²) in [6, 6.07) is 1.86. The van der Waals surface area contributed by atoms with E-state index in [1.54, 1.807) is 13.8 Å². The predicted molar refractivity (Wildman–Crippen MR) is 89.2 cm³/mol. The van der Waals surface area contributed by atoms with Crippen molar-refractivity contribution in [2.45, 2.75) is 19.9 Å². The van der Waals surface area contributed by atoms with Crippen LogP contribution in [0.4, 0.5) is 4.39 Å². The Balaban J connectivity index is 2.31. The number of benzene rings is 1. The monoisotopic (exact) mass is 368 g/mol. The van der Waals surface area contributed by atoms with Crippen molar-refractivity contribution < 1.29 is 28.6 Å². The molecule has 2 aromatic rings. The van der Waals surface area contributed by atoms with Crippen molar-refractivity contribution >= 4 is 23.2 Å². The molecule has 2 N–H and O–H groups in total. The minimum atomic E-state index is -1.08. The molecule has 0 aliphatic rings. The van der Waals surface area contributed by atoms with E-state index in [9.17, 15) is 14.0 Å². The van der Waals surface area contributed by atoms with Gasteiger partial charge >= 0.3 is 5.97 Å². The smallest absolute Gasteiger partial charge is 0.347 e. The zero-order valence-corrected chi connectivity index (χ0v) is 14.9. The second-order valence-electron chi connectivity index (χ2n) is 5.12.